The number of esters is 2. The van der Waals surface area contributed by atoms with Crippen molar-refractivity contribution in [3.8, 4) is 0 Å². The van der Waals surface area contributed by atoms with Crippen molar-refractivity contribution in [2.75, 3.05) is 19.8 Å². The smallest absolute Gasteiger partial charge is 0.306 e. The maximum Gasteiger partial charge on any atom is 0.306 e. The lowest BCUT2D eigenvalue weighted by atomic mass is 10.0. The Morgan fingerprint density at radius 1 is 0.348 bits per heavy atom. The van der Waals surface area contributed by atoms with Crippen LogP contribution in [0.1, 0.15) is 278 Å². The molecular formula is C61H108O5. The monoisotopic (exact) mass is 921 g/mol. The van der Waals surface area contributed by atoms with Gasteiger partial charge in [-0.05, 0) is 57.8 Å². The third-order valence-corrected chi connectivity index (χ3v) is 12.3. The van der Waals surface area contributed by atoms with Crippen LogP contribution in [0.25, 0.3) is 0 Å². The molecule has 5 nitrogen and oxygen atoms in total. The fourth-order valence-electron chi connectivity index (χ4n) is 8.07. The van der Waals surface area contributed by atoms with Gasteiger partial charge in [0.15, 0.2) is 6.10 Å². The summed E-state index contributed by atoms with van der Waals surface area (Å²) in [6.45, 7) is 7.68. The summed E-state index contributed by atoms with van der Waals surface area (Å²) in [5.41, 5.74) is 0. The fourth-order valence-corrected chi connectivity index (χ4v) is 8.07. The van der Waals surface area contributed by atoms with Gasteiger partial charge >= 0.3 is 11.9 Å². The standard InChI is InChI=1S/C61H108O5/c1-4-7-10-13-16-19-22-25-28-30-31-32-34-37-40-43-46-49-52-55-61(63)66-59(57-64-56-53-50-47-44-41-38-35-29-26-23-20-17-14-11-8-5-2)58-65-60(62)54-51-48-45-42-39-36-33-27-24-21-18-15-12-9-6-3/h7,10,16,19,25,28,31-32,37,40,46,49,59H,4-6,8-9,11-15,17-18,20-24,26-27,29-30,33-36,38-39,41-45,47-48,50-58H2,1-3H3/b10-7-,19-16-,28-25-,32-31-,40-37-,49-46-/t59-/m1/s1. The zero-order chi connectivity index (χ0) is 47.7. The molecule has 66 heavy (non-hydrogen) atoms. The third kappa shape index (κ3) is 54.0. The van der Waals surface area contributed by atoms with Gasteiger partial charge in [0.05, 0.1) is 6.61 Å². The predicted octanol–water partition coefficient (Wildman–Crippen LogP) is 19.5. The summed E-state index contributed by atoms with van der Waals surface area (Å²) >= 11 is 0. The van der Waals surface area contributed by atoms with Crippen molar-refractivity contribution in [1.82, 2.24) is 0 Å². The second kappa shape index (κ2) is 56.7. The fraction of sp³-hybridized carbons (Fsp3) is 0.770. The average molecular weight is 922 g/mol. The van der Waals surface area contributed by atoms with E-state index < -0.39 is 6.10 Å². The number of allylic oxidation sites excluding steroid dienone is 12. The van der Waals surface area contributed by atoms with Gasteiger partial charge in [-0.15, -0.1) is 0 Å². The van der Waals surface area contributed by atoms with Crippen molar-refractivity contribution < 1.29 is 23.8 Å². The highest BCUT2D eigenvalue weighted by Crippen LogP contribution is 2.16. The quantitative estimate of drug-likeness (QED) is 0.0346. The first-order chi connectivity index (χ1) is 32.6. The SMILES string of the molecule is CC/C=C\C/C=C\C/C=C\C/C=C\C/C=C\C/C=C\CCC(=O)O[C@H](COCCCCCCCCCCCCCCCCCC)COC(=O)CCCCCCCCCCCCCCCCC. The number of ether oxygens (including phenoxy) is 3. The van der Waals surface area contributed by atoms with E-state index in [0.717, 1.165) is 64.2 Å². The number of hydrogen-bond acceptors (Lipinski definition) is 5. The molecule has 0 heterocycles. The van der Waals surface area contributed by atoms with Gasteiger partial charge in [-0.3, -0.25) is 9.59 Å². The summed E-state index contributed by atoms with van der Waals surface area (Å²) in [6.07, 6.45) is 73.6. The molecule has 0 fully saturated rings. The summed E-state index contributed by atoms with van der Waals surface area (Å²) in [5.74, 6) is -0.481. The Hall–Kier alpha value is -2.66. The second-order valence-electron chi connectivity index (χ2n) is 18.8. The van der Waals surface area contributed by atoms with Crippen molar-refractivity contribution >= 4 is 11.9 Å². The Kier molecular flexibility index (Phi) is 54.4. The summed E-state index contributed by atoms with van der Waals surface area (Å²) in [4.78, 5) is 25.5. The molecule has 0 saturated heterocycles. The van der Waals surface area contributed by atoms with Crippen molar-refractivity contribution in [1.29, 1.82) is 0 Å². The molecule has 0 unspecified atom stereocenters. The highest BCUT2D eigenvalue weighted by atomic mass is 16.6. The highest BCUT2D eigenvalue weighted by molar-refractivity contribution is 5.70. The predicted molar refractivity (Wildman–Crippen MR) is 288 cm³/mol. The molecule has 382 valence electrons. The van der Waals surface area contributed by atoms with Crippen LogP contribution in [0.5, 0.6) is 0 Å². The van der Waals surface area contributed by atoms with Gasteiger partial charge in [0.25, 0.3) is 0 Å². The number of carbonyl (C=O) groups excluding carboxylic acids is 2. The van der Waals surface area contributed by atoms with Crippen molar-refractivity contribution in [2.45, 2.75) is 284 Å². The van der Waals surface area contributed by atoms with Gasteiger partial charge < -0.3 is 14.2 Å². The van der Waals surface area contributed by atoms with E-state index in [0.29, 0.717) is 25.9 Å². The molecule has 0 aliphatic heterocycles. The van der Waals surface area contributed by atoms with Crippen LogP contribution in [-0.4, -0.2) is 37.9 Å². The molecule has 0 radical (unpaired) electrons. The molecule has 0 rings (SSSR count). The van der Waals surface area contributed by atoms with Crippen LogP contribution in [0, 0.1) is 0 Å². The van der Waals surface area contributed by atoms with Gasteiger partial charge in [-0.25, -0.2) is 0 Å². The van der Waals surface area contributed by atoms with Gasteiger partial charge in [0.2, 0.25) is 0 Å². The first-order valence-electron chi connectivity index (χ1n) is 28.5. The largest absolute Gasteiger partial charge is 0.462 e. The molecule has 0 aromatic carbocycles. The summed E-state index contributed by atoms with van der Waals surface area (Å²) in [6, 6.07) is 0. The van der Waals surface area contributed by atoms with Crippen molar-refractivity contribution in [2.24, 2.45) is 0 Å². The molecule has 0 aliphatic rings. The van der Waals surface area contributed by atoms with Crippen LogP contribution in [0.2, 0.25) is 0 Å². The third-order valence-electron chi connectivity index (χ3n) is 12.3. The second-order valence-corrected chi connectivity index (χ2v) is 18.8. The normalized spacial score (nSPS) is 12.7. The molecule has 0 saturated carbocycles. The maximum absolute atomic E-state index is 12.8. The molecule has 0 bridgehead atoms. The van der Waals surface area contributed by atoms with Crippen LogP contribution >= 0.6 is 0 Å². The van der Waals surface area contributed by atoms with Crippen LogP contribution in [0.15, 0.2) is 72.9 Å². The van der Waals surface area contributed by atoms with Crippen LogP contribution < -0.4 is 0 Å². The first-order valence-corrected chi connectivity index (χ1v) is 28.5. The number of hydrogen-bond donors (Lipinski definition) is 0. The maximum atomic E-state index is 12.8. The van der Waals surface area contributed by atoms with E-state index in [1.165, 1.54) is 173 Å². The summed E-state index contributed by atoms with van der Waals surface area (Å²) < 4.78 is 17.4. The Morgan fingerprint density at radius 2 is 0.682 bits per heavy atom. The topological polar surface area (TPSA) is 61.8 Å². The van der Waals surface area contributed by atoms with Gasteiger partial charge in [0, 0.05) is 19.4 Å². The molecule has 1 atom stereocenters. The number of unbranched alkanes of at least 4 members (excludes halogenated alkanes) is 29. The van der Waals surface area contributed by atoms with E-state index in [1.54, 1.807) is 0 Å². The molecule has 0 aromatic heterocycles. The number of rotatable bonds is 52. The van der Waals surface area contributed by atoms with E-state index >= 15 is 0 Å². The Morgan fingerprint density at radius 3 is 1.06 bits per heavy atom. The van der Waals surface area contributed by atoms with Crippen LogP contribution in [-0.2, 0) is 23.8 Å². The lowest BCUT2D eigenvalue weighted by Gasteiger charge is -2.18. The summed E-state index contributed by atoms with van der Waals surface area (Å²) in [7, 11) is 0. The van der Waals surface area contributed by atoms with Gasteiger partial charge in [0.1, 0.15) is 6.61 Å². The first kappa shape index (κ1) is 63.3. The van der Waals surface area contributed by atoms with Gasteiger partial charge in [-0.1, -0.05) is 280 Å². The lowest BCUT2D eigenvalue weighted by molar-refractivity contribution is -0.162. The van der Waals surface area contributed by atoms with Crippen LogP contribution in [0.3, 0.4) is 0 Å². The summed E-state index contributed by atoms with van der Waals surface area (Å²) in [5, 5.41) is 0. The molecule has 5 heteroatoms. The van der Waals surface area contributed by atoms with Crippen LogP contribution in [0.4, 0.5) is 0 Å². The van der Waals surface area contributed by atoms with Crippen molar-refractivity contribution in [3.05, 3.63) is 72.9 Å². The average Bonchev–Trinajstić information content (AvgIpc) is 3.32. The molecule has 0 N–H and O–H groups in total. The molecule has 0 aliphatic carbocycles. The lowest BCUT2D eigenvalue weighted by Crippen LogP contribution is -2.30. The van der Waals surface area contributed by atoms with E-state index in [4.69, 9.17) is 14.2 Å². The Bertz CT molecular complexity index is 1180. The molecule has 0 amide bonds. The Balaban J connectivity index is 4.37. The van der Waals surface area contributed by atoms with E-state index in [9.17, 15) is 9.59 Å². The zero-order valence-corrected chi connectivity index (χ0v) is 44.0. The number of carbonyl (C=O) groups is 2. The zero-order valence-electron chi connectivity index (χ0n) is 44.0. The Labute approximate surface area is 410 Å². The minimum absolute atomic E-state index is 0.0577. The van der Waals surface area contributed by atoms with Crippen molar-refractivity contribution in [3.63, 3.8) is 0 Å². The minimum atomic E-state index is -0.575. The molecule has 0 spiro atoms. The van der Waals surface area contributed by atoms with E-state index in [-0.39, 0.29) is 25.2 Å². The van der Waals surface area contributed by atoms with E-state index in [2.05, 4.69) is 87.6 Å². The minimum Gasteiger partial charge on any atom is -0.462 e. The highest BCUT2D eigenvalue weighted by Gasteiger charge is 2.17. The van der Waals surface area contributed by atoms with Gasteiger partial charge in [-0.2, -0.15) is 0 Å². The van der Waals surface area contributed by atoms with E-state index in [1.807, 2.05) is 6.08 Å². The molecular weight excluding hydrogens is 813 g/mol. The molecule has 0 aromatic rings.